The largest absolute Gasteiger partial charge is 0.433 e. The second kappa shape index (κ2) is 6.38. The van der Waals surface area contributed by atoms with Crippen molar-refractivity contribution in [1.82, 2.24) is 14.7 Å². The number of alkyl halides is 6. The van der Waals surface area contributed by atoms with Crippen LogP contribution in [0.15, 0.2) is 16.9 Å². The molecule has 2 aromatic heterocycles. The Morgan fingerprint density at radius 1 is 1.16 bits per heavy atom. The summed E-state index contributed by atoms with van der Waals surface area (Å²) in [6, 6.07) is 0.206. The summed E-state index contributed by atoms with van der Waals surface area (Å²) in [5.74, 6) is -1.68. The molecular weight excluding hydrogens is 378 g/mol. The Labute approximate surface area is 139 Å². The smallest absolute Gasteiger partial charge is 0.355 e. The van der Waals surface area contributed by atoms with Crippen LogP contribution in [0.3, 0.4) is 0 Å². The van der Waals surface area contributed by atoms with Gasteiger partial charge in [-0.15, -0.1) is 0 Å². The summed E-state index contributed by atoms with van der Waals surface area (Å²) in [6.45, 7) is 0. The Kier molecular flexibility index (Phi) is 4.79. The van der Waals surface area contributed by atoms with Gasteiger partial charge in [0.25, 0.3) is 11.5 Å². The third-order valence-electron chi connectivity index (χ3n) is 2.84. The summed E-state index contributed by atoms with van der Waals surface area (Å²) in [7, 11) is 1.20. The van der Waals surface area contributed by atoms with Crippen molar-refractivity contribution in [2.45, 2.75) is 12.4 Å². The zero-order valence-electron chi connectivity index (χ0n) is 12.1. The molecule has 0 radical (unpaired) electrons. The highest BCUT2D eigenvalue weighted by Gasteiger charge is 2.38. The average Bonchev–Trinajstić information content (AvgIpc) is 2.85. The highest BCUT2D eigenvalue weighted by Crippen LogP contribution is 2.36. The van der Waals surface area contributed by atoms with Gasteiger partial charge in [-0.25, -0.2) is 4.98 Å². The van der Waals surface area contributed by atoms with Gasteiger partial charge in [0.15, 0.2) is 0 Å². The summed E-state index contributed by atoms with van der Waals surface area (Å²) in [5, 5.41) is 4.01. The molecule has 2 heterocycles. The number of H-pyrrole nitrogens is 1. The number of carbonyl (C=O) groups excluding carboxylic acids is 1. The molecule has 0 unspecified atom stereocenters. The van der Waals surface area contributed by atoms with Gasteiger partial charge in [-0.05, 0) is 23.7 Å². The second-order valence-electron chi connectivity index (χ2n) is 4.56. The van der Waals surface area contributed by atoms with Gasteiger partial charge >= 0.3 is 12.4 Å². The van der Waals surface area contributed by atoms with Crippen molar-refractivity contribution >= 4 is 28.3 Å². The number of aromatic amines is 1. The fourth-order valence-electron chi connectivity index (χ4n) is 1.74. The zero-order chi connectivity index (χ0) is 19.0. The zero-order valence-corrected chi connectivity index (χ0v) is 12.9. The molecule has 13 heteroatoms. The van der Waals surface area contributed by atoms with Crippen LogP contribution in [0.5, 0.6) is 0 Å². The van der Waals surface area contributed by atoms with E-state index in [1.807, 2.05) is 0 Å². The second-order valence-corrected chi connectivity index (χ2v) is 5.38. The lowest BCUT2D eigenvalue weighted by atomic mass is 10.2. The Morgan fingerprint density at radius 3 is 2.32 bits per heavy atom. The highest BCUT2D eigenvalue weighted by molar-refractivity contribution is 7.10. The van der Waals surface area contributed by atoms with Crippen LogP contribution in [0.2, 0.25) is 0 Å². The molecule has 25 heavy (non-hydrogen) atoms. The lowest BCUT2D eigenvalue weighted by Gasteiger charge is -2.14. The number of aromatic nitrogens is 2. The van der Waals surface area contributed by atoms with E-state index in [4.69, 9.17) is 0 Å². The van der Waals surface area contributed by atoms with Crippen LogP contribution in [0.25, 0.3) is 0 Å². The van der Waals surface area contributed by atoms with Gasteiger partial charge in [0, 0.05) is 7.05 Å². The van der Waals surface area contributed by atoms with Gasteiger partial charge < -0.3 is 10.6 Å². The normalized spacial score (nSPS) is 12.1. The maximum absolute atomic E-state index is 12.8. The molecule has 0 fully saturated rings. The number of hydrogen-bond donors (Lipinski definition) is 3. The summed E-state index contributed by atoms with van der Waals surface area (Å²) in [4.78, 5) is 26.2. The van der Waals surface area contributed by atoms with Crippen LogP contribution in [-0.4, -0.2) is 22.3 Å². The van der Waals surface area contributed by atoms with E-state index in [0.717, 1.165) is 0 Å². The van der Waals surface area contributed by atoms with Gasteiger partial charge in [0.1, 0.15) is 22.1 Å². The molecule has 0 aliphatic heterocycles. The number of nitrogens with zero attached hydrogens (tertiary/aromatic N) is 1. The topological polar surface area (TPSA) is 86.9 Å². The van der Waals surface area contributed by atoms with Crippen LogP contribution < -0.4 is 16.2 Å². The number of amides is 1. The first-order valence-corrected chi connectivity index (χ1v) is 7.12. The van der Waals surface area contributed by atoms with Crippen molar-refractivity contribution in [3.8, 4) is 0 Å². The van der Waals surface area contributed by atoms with Gasteiger partial charge in [-0.1, -0.05) is 0 Å². The van der Waals surface area contributed by atoms with E-state index < -0.39 is 46.5 Å². The van der Waals surface area contributed by atoms with Crippen molar-refractivity contribution < 1.29 is 31.1 Å². The van der Waals surface area contributed by atoms with Crippen molar-refractivity contribution in [2.24, 2.45) is 0 Å². The number of anilines is 2. The quantitative estimate of drug-likeness (QED) is 0.708. The van der Waals surface area contributed by atoms with Crippen LogP contribution in [0.4, 0.5) is 37.2 Å². The molecule has 0 bridgehead atoms. The summed E-state index contributed by atoms with van der Waals surface area (Å²) in [5.41, 5.74) is -4.69. The van der Waals surface area contributed by atoms with E-state index in [9.17, 15) is 35.9 Å². The minimum Gasteiger partial charge on any atom is -0.355 e. The van der Waals surface area contributed by atoms with Gasteiger partial charge in [-0.3, -0.25) is 14.0 Å². The maximum atomic E-state index is 12.8. The van der Waals surface area contributed by atoms with Crippen molar-refractivity contribution in [3.05, 3.63) is 39.3 Å². The fraction of sp³-hybridized carbons (Fsp3) is 0.250. The van der Waals surface area contributed by atoms with Crippen LogP contribution >= 0.6 is 11.5 Å². The Morgan fingerprint density at radius 2 is 1.80 bits per heavy atom. The first-order valence-electron chi connectivity index (χ1n) is 6.30. The minimum absolute atomic E-state index is 0.135. The summed E-state index contributed by atoms with van der Waals surface area (Å²) in [6.07, 6.45) is -10.2. The van der Waals surface area contributed by atoms with E-state index in [1.54, 1.807) is 0 Å². The molecule has 0 aliphatic rings. The molecule has 0 saturated heterocycles. The molecular formula is C12H8F6N4O2S. The molecule has 1 amide bonds. The van der Waals surface area contributed by atoms with Crippen LogP contribution in [0, 0.1) is 0 Å². The highest BCUT2D eigenvalue weighted by atomic mass is 32.1. The third-order valence-corrected chi connectivity index (χ3v) is 3.64. The van der Waals surface area contributed by atoms with Crippen molar-refractivity contribution in [2.75, 3.05) is 12.4 Å². The molecule has 3 N–H and O–H groups in total. The predicted molar refractivity (Wildman–Crippen MR) is 75.9 cm³/mol. The Bertz CT molecular complexity index is 822. The molecule has 136 valence electrons. The Hall–Kier alpha value is -2.57. The minimum atomic E-state index is -5.12. The Balaban J connectivity index is 2.54. The standard InChI is InChI=1S/C12H8F6N4O2S/c1-19-8(23)7-9(24)22-25-10(7)21-6-3-4(11(13,14)15)2-5(20-6)12(16,17)18/h2-3H,1H3,(H,19,23)(H,20,21)(H,22,24). The first-order chi connectivity index (χ1) is 11.4. The fourth-order valence-corrected chi connectivity index (χ4v) is 2.48. The van der Waals surface area contributed by atoms with E-state index in [2.05, 4.69) is 20.0 Å². The number of pyridine rings is 1. The van der Waals surface area contributed by atoms with Gasteiger partial charge in [-0.2, -0.15) is 26.3 Å². The van der Waals surface area contributed by atoms with E-state index in [1.165, 1.54) is 7.05 Å². The maximum Gasteiger partial charge on any atom is 0.433 e. The van der Waals surface area contributed by atoms with Crippen molar-refractivity contribution in [1.29, 1.82) is 0 Å². The molecule has 0 atom stereocenters. The molecule has 2 aromatic rings. The number of carbonyl (C=O) groups is 1. The number of rotatable bonds is 3. The monoisotopic (exact) mass is 386 g/mol. The molecule has 0 spiro atoms. The lowest BCUT2D eigenvalue weighted by molar-refractivity contribution is -0.145. The summed E-state index contributed by atoms with van der Waals surface area (Å²) < 4.78 is 78.9. The van der Waals surface area contributed by atoms with E-state index >= 15 is 0 Å². The lowest BCUT2D eigenvalue weighted by Crippen LogP contribution is -2.24. The molecule has 0 aliphatic carbocycles. The van der Waals surface area contributed by atoms with Gasteiger partial charge in [0.05, 0.1) is 5.56 Å². The predicted octanol–water partition coefficient (Wildman–Crippen LogP) is 2.97. The van der Waals surface area contributed by atoms with Gasteiger partial charge in [0.2, 0.25) is 0 Å². The summed E-state index contributed by atoms with van der Waals surface area (Å²) >= 11 is 0.529. The average molecular weight is 386 g/mol. The first kappa shape index (κ1) is 18.8. The molecule has 2 rings (SSSR count). The van der Waals surface area contributed by atoms with Crippen LogP contribution in [0.1, 0.15) is 21.6 Å². The van der Waals surface area contributed by atoms with E-state index in [0.29, 0.717) is 17.6 Å². The molecule has 0 saturated carbocycles. The molecule has 0 aromatic carbocycles. The van der Waals surface area contributed by atoms with E-state index in [-0.39, 0.29) is 11.1 Å². The third kappa shape index (κ3) is 4.10. The number of nitrogens with one attached hydrogen (secondary N) is 3. The molecule has 6 nitrogen and oxygen atoms in total. The van der Waals surface area contributed by atoms with Crippen molar-refractivity contribution in [3.63, 3.8) is 0 Å². The number of halogens is 6. The SMILES string of the molecule is CNC(=O)c1c(Nc2cc(C(F)(F)F)cc(C(F)(F)F)n2)s[nH]c1=O. The number of hydrogen-bond acceptors (Lipinski definition) is 5. The van der Waals surface area contributed by atoms with Crippen LogP contribution in [-0.2, 0) is 12.4 Å².